The smallest absolute Gasteiger partial charge is 0.00389 e. The van der Waals surface area contributed by atoms with Crippen LogP contribution in [0.4, 0.5) is 0 Å². The molecule has 0 nitrogen and oxygen atoms in total. The van der Waals surface area contributed by atoms with Crippen molar-refractivity contribution in [1.29, 1.82) is 0 Å². The zero-order valence-corrected chi connectivity index (χ0v) is 15.3. The van der Waals surface area contributed by atoms with Gasteiger partial charge < -0.3 is 0 Å². The third-order valence-corrected chi connectivity index (χ3v) is 3.45. The van der Waals surface area contributed by atoms with E-state index in [0.717, 1.165) is 0 Å². The number of hydrogen-bond donors (Lipinski definition) is 0. The van der Waals surface area contributed by atoms with Crippen molar-refractivity contribution in [2.45, 2.75) is 27.7 Å². The van der Waals surface area contributed by atoms with Crippen LogP contribution < -0.4 is 0 Å². The summed E-state index contributed by atoms with van der Waals surface area (Å²) < 4.78 is 0. The molecule has 0 amide bonds. The van der Waals surface area contributed by atoms with Crippen molar-refractivity contribution < 1.29 is 0 Å². The minimum Gasteiger partial charge on any atom is -0.0985 e. The molecule has 4 rings (SSSR count). The Kier molecular flexibility index (Phi) is 8.93. The zero-order valence-electron chi connectivity index (χ0n) is 15.3. The Morgan fingerprint density at radius 1 is 0.625 bits per heavy atom. The third-order valence-electron chi connectivity index (χ3n) is 3.45. The summed E-state index contributed by atoms with van der Waals surface area (Å²) in [4.78, 5) is 0. The van der Waals surface area contributed by atoms with Crippen molar-refractivity contribution in [3.8, 4) is 0 Å². The zero-order chi connectivity index (χ0) is 17.8. The highest BCUT2D eigenvalue weighted by atomic mass is 14.1. The van der Waals surface area contributed by atoms with E-state index in [9.17, 15) is 0 Å². The van der Waals surface area contributed by atoms with Crippen LogP contribution in [0, 0.1) is 0 Å². The van der Waals surface area contributed by atoms with E-state index in [2.05, 4.69) is 55.1 Å². The Labute approximate surface area is 147 Å². The predicted molar refractivity (Wildman–Crippen MR) is 112 cm³/mol. The van der Waals surface area contributed by atoms with Crippen molar-refractivity contribution >= 4 is 29.0 Å². The molecule has 0 fully saturated rings. The fourth-order valence-electron chi connectivity index (χ4n) is 2.45. The number of hydrogen-bond acceptors (Lipinski definition) is 0. The van der Waals surface area contributed by atoms with Gasteiger partial charge in [0.2, 0.25) is 0 Å². The summed E-state index contributed by atoms with van der Waals surface area (Å²) in [5.74, 6) is 0. The Morgan fingerprint density at radius 2 is 1.12 bits per heavy atom. The van der Waals surface area contributed by atoms with Crippen LogP contribution in [0.5, 0.6) is 0 Å². The van der Waals surface area contributed by atoms with Crippen LogP contribution >= 0.6 is 0 Å². The predicted octanol–water partition coefficient (Wildman–Crippen LogP) is 7.71. The van der Waals surface area contributed by atoms with Gasteiger partial charge in [-0.2, -0.15) is 0 Å². The molecule has 0 bridgehead atoms. The fourth-order valence-corrected chi connectivity index (χ4v) is 2.45. The molecule has 3 aromatic rings. The second kappa shape index (κ2) is 11.0. The molecule has 1 aliphatic carbocycles. The van der Waals surface area contributed by atoms with Crippen LogP contribution in [0.3, 0.4) is 0 Å². The quantitative estimate of drug-likeness (QED) is 0.337. The van der Waals surface area contributed by atoms with Gasteiger partial charge in [-0.3, -0.25) is 0 Å². The molecule has 1 aliphatic rings. The summed E-state index contributed by atoms with van der Waals surface area (Å²) in [6, 6.07) is 22.9. The molecule has 0 heterocycles. The van der Waals surface area contributed by atoms with Crippen LogP contribution in [0.25, 0.3) is 29.0 Å². The van der Waals surface area contributed by atoms with E-state index >= 15 is 0 Å². The maximum atomic E-state index is 3.63. The lowest BCUT2D eigenvalue weighted by Crippen LogP contribution is -1.76. The van der Waals surface area contributed by atoms with E-state index < -0.39 is 0 Å². The van der Waals surface area contributed by atoms with Gasteiger partial charge in [-0.15, -0.1) is 0 Å². The van der Waals surface area contributed by atoms with Crippen molar-refractivity contribution in [3.63, 3.8) is 0 Å². The van der Waals surface area contributed by atoms with Gasteiger partial charge in [0, 0.05) is 0 Å². The third kappa shape index (κ3) is 4.96. The second-order valence-electron chi connectivity index (χ2n) is 4.74. The van der Waals surface area contributed by atoms with Crippen LogP contribution in [-0.4, -0.2) is 0 Å². The van der Waals surface area contributed by atoms with Gasteiger partial charge in [0.05, 0.1) is 0 Å². The Bertz CT molecular complexity index is 724. The van der Waals surface area contributed by atoms with E-state index in [-0.39, 0.29) is 0 Å². The molecule has 0 aromatic heterocycles. The number of rotatable bonds is 1. The van der Waals surface area contributed by atoms with Crippen molar-refractivity contribution in [3.05, 3.63) is 90.0 Å². The maximum Gasteiger partial charge on any atom is -0.00389 e. The van der Waals surface area contributed by atoms with Gasteiger partial charge >= 0.3 is 0 Å². The van der Waals surface area contributed by atoms with Gasteiger partial charge in [0.25, 0.3) is 0 Å². The summed E-state index contributed by atoms with van der Waals surface area (Å²) >= 11 is 0. The topological polar surface area (TPSA) is 0 Å². The van der Waals surface area contributed by atoms with Crippen molar-refractivity contribution in [2.24, 2.45) is 0 Å². The normalized spacial score (nSPS) is 9.67. The average molecular weight is 316 g/mol. The highest BCUT2D eigenvalue weighted by Gasteiger charge is 2.06. The van der Waals surface area contributed by atoms with Crippen molar-refractivity contribution in [1.82, 2.24) is 0 Å². The highest BCUT2D eigenvalue weighted by molar-refractivity contribution is 6.04. The highest BCUT2D eigenvalue weighted by Crippen LogP contribution is 2.30. The first kappa shape index (κ1) is 19.4. The summed E-state index contributed by atoms with van der Waals surface area (Å²) in [5.41, 5.74) is 3.87. The molecule has 0 atom stereocenters. The fraction of sp³-hybridized carbons (Fsp3) is 0.167. The van der Waals surface area contributed by atoms with Crippen molar-refractivity contribution in [2.75, 3.05) is 0 Å². The van der Waals surface area contributed by atoms with Crippen LogP contribution in [0.2, 0.25) is 0 Å². The molecule has 124 valence electrons. The largest absolute Gasteiger partial charge is 0.0985 e. The molecule has 0 heteroatoms. The molecule has 3 aromatic carbocycles. The monoisotopic (exact) mass is 316 g/mol. The molecule has 0 saturated heterocycles. The minimum absolute atomic E-state index is 1.17. The summed E-state index contributed by atoms with van der Waals surface area (Å²) in [6.45, 7) is 11.6. The lowest BCUT2D eigenvalue weighted by molar-refractivity contribution is 1.50. The molecule has 0 saturated carbocycles. The lowest BCUT2D eigenvalue weighted by atomic mass is 10.0. The van der Waals surface area contributed by atoms with Gasteiger partial charge in [0.1, 0.15) is 0 Å². The Morgan fingerprint density at radius 3 is 1.54 bits per heavy atom. The summed E-state index contributed by atoms with van der Waals surface area (Å²) in [6.07, 6.45) is 6.19. The Hall–Kier alpha value is -2.60. The molecule has 0 radical (unpaired) electrons. The van der Waals surface area contributed by atoms with Gasteiger partial charge in [-0.25, -0.2) is 0 Å². The van der Waals surface area contributed by atoms with E-state index in [1.54, 1.807) is 0 Å². The molecule has 0 unspecified atom stereocenters. The van der Waals surface area contributed by atoms with Crippen LogP contribution in [-0.2, 0) is 0 Å². The summed E-state index contributed by atoms with van der Waals surface area (Å²) in [5, 5.41) is 2.75. The minimum atomic E-state index is 1.17. The first-order valence-corrected chi connectivity index (χ1v) is 8.76. The van der Waals surface area contributed by atoms with E-state index in [1.807, 2.05) is 64.1 Å². The first-order valence-electron chi connectivity index (χ1n) is 8.76. The summed E-state index contributed by atoms with van der Waals surface area (Å²) in [7, 11) is 0. The van der Waals surface area contributed by atoms with E-state index in [0.29, 0.717) is 0 Å². The van der Waals surface area contributed by atoms with Gasteiger partial charge in [0.15, 0.2) is 0 Å². The SMILES string of the molecule is C1=Cc2cccc3cccc1c23.C=Cc1ccccc1.CC.CC. The van der Waals surface area contributed by atoms with Crippen LogP contribution in [0.15, 0.2) is 73.3 Å². The standard InChI is InChI=1S/C12H8.C8H8.2C2H6/c1-3-9-4-2-6-11-8-7-10(5-1)12(9)11;1-2-8-6-4-3-5-7-8;2*1-2/h1-8H;2-7H,1H2;2*1-2H3. The van der Waals surface area contributed by atoms with Crippen LogP contribution in [0.1, 0.15) is 44.4 Å². The molecular formula is C24H28. The van der Waals surface area contributed by atoms with E-state index in [1.165, 1.54) is 27.5 Å². The molecule has 0 spiro atoms. The lowest BCUT2D eigenvalue weighted by Gasteiger charge is -1.99. The van der Waals surface area contributed by atoms with E-state index in [4.69, 9.17) is 0 Å². The second-order valence-corrected chi connectivity index (χ2v) is 4.74. The molecule has 0 aliphatic heterocycles. The first-order chi connectivity index (χ1) is 11.9. The molecule has 24 heavy (non-hydrogen) atoms. The maximum absolute atomic E-state index is 3.63. The van der Waals surface area contributed by atoms with Gasteiger partial charge in [-0.1, -0.05) is 119 Å². The molecular weight excluding hydrogens is 288 g/mol. The van der Waals surface area contributed by atoms with Gasteiger partial charge in [-0.05, 0) is 27.5 Å². The average Bonchev–Trinajstić information content (AvgIpc) is 3.12. The number of benzene rings is 3. The Balaban J connectivity index is 0.000000211. The molecule has 0 N–H and O–H groups in total.